The molecule has 0 saturated carbocycles. The van der Waals surface area contributed by atoms with Crippen LogP contribution in [0.2, 0.25) is 0 Å². The Bertz CT molecular complexity index is 2280. The molecule has 4 aromatic carbocycles. The molecule has 5 heteroatoms. The predicted molar refractivity (Wildman–Crippen MR) is 181 cm³/mol. The third-order valence-electron chi connectivity index (χ3n) is 7.18. The SMILES string of the molecule is [2H]C([2H])(c1ccccc1)C([2H])([2H])c1ccc2c(n1)oc1c(-c3ccc(-c4ccccc4)cn3)[c-]ccc12.[Ir].[c-]1ccccc1-c1ccccn1. The first-order valence-electron chi connectivity index (χ1n) is 16.5. The van der Waals surface area contributed by atoms with Crippen molar-refractivity contribution in [3.63, 3.8) is 0 Å². The van der Waals surface area contributed by atoms with Crippen LogP contribution in [0, 0.1) is 12.1 Å². The quantitative estimate of drug-likeness (QED) is 0.158. The summed E-state index contributed by atoms with van der Waals surface area (Å²) < 4.78 is 40.6. The third kappa shape index (κ3) is 7.02. The molecular formula is C41H29IrN3O-2. The minimum absolute atomic E-state index is 0. The Kier molecular flexibility index (Phi) is 8.33. The molecule has 0 aliphatic rings. The maximum Gasteiger partial charge on any atom is 0.216 e. The maximum absolute atomic E-state index is 8.66. The van der Waals surface area contributed by atoms with Crippen LogP contribution in [0.15, 0.2) is 156 Å². The molecule has 4 nitrogen and oxygen atoms in total. The van der Waals surface area contributed by atoms with Crippen molar-refractivity contribution < 1.29 is 30.0 Å². The van der Waals surface area contributed by atoms with Crippen molar-refractivity contribution in [1.29, 1.82) is 0 Å². The van der Waals surface area contributed by atoms with Crippen molar-refractivity contribution in [1.82, 2.24) is 15.0 Å². The molecule has 4 heterocycles. The van der Waals surface area contributed by atoms with Gasteiger partial charge in [0.2, 0.25) is 5.71 Å². The van der Waals surface area contributed by atoms with E-state index in [2.05, 4.69) is 27.1 Å². The summed E-state index contributed by atoms with van der Waals surface area (Å²) in [6.45, 7) is 0. The van der Waals surface area contributed by atoms with Crippen LogP contribution in [0.25, 0.3) is 55.7 Å². The third-order valence-corrected chi connectivity index (χ3v) is 7.18. The van der Waals surface area contributed by atoms with E-state index in [0.29, 0.717) is 22.2 Å². The van der Waals surface area contributed by atoms with Gasteiger partial charge in [-0.15, -0.1) is 54.1 Å². The molecular weight excluding hydrogens is 743 g/mol. The van der Waals surface area contributed by atoms with Crippen LogP contribution in [0.1, 0.15) is 16.7 Å². The summed E-state index contributed by atoms with van der Waals surface area (Å²) in [5, 5.41) is 1.52. The smallest absolute Gasteiger partial charge is 0.216 e. The van der Waals surface area contributed by atoms with Crippen molar-refractivity contribution in [3.05, 3.63) is 175 Å². The maximum atomic E-state index is 8.66. The first-order valence-corrected chi connectivity index (χ1v) is 14.5. The fraction of sp³-hybridized carbons (Fsp3) is 0.0488. The zero-order chi connectivity index (χ0) is 33.8. The normalized spacial score (nSPS) is 12.5. The number of furan rings is 1. The first-order chi connectivity index (χ1) is 23.8. The van der Waals surface area contributed by atoms with Gasteiger partial charge < -0.3 is 14.4 Å². The molecule has 0 amide bonds. The van der Waals surface area contributed by atoms with Crippen LogP contribution in [0.4, 0.5) is 0 Å². The van der Waals surface area contributed by atoms with Gasteiger partial charge in [-0.05, 0) is 59.0 Å². The molecule has 1 radical (unpaired) electrons. The van der Waals surface area contributed by atoms with E-state index in [1.165, 1.54) is 6.07 Å². The van der Waals surface area contributed by atoms with Crippen molar-refractivity contribution in [2.75, 3.05) is 0 Å². The Labute approximate surface area is 287 Å². The fourth-order valence-electron chi connectivity index (χ4n) is 4.96. The zero-order valence-corrected chi connectivity index (χ0v) is 26.9. The standard InChI is InChI=1S/C30H21N2O.C11H8N.Ir/c1-3-8-21(9-4-1)14-16-24-17-18-26-25-12-7-13-27(29(25)33-30(26)32-24)28-19-15-23(20-31-28)22-10-5-2-6-11-22;1-2-6-10(7-3-1)11-8-4-5-9-12-11;/h1-12,15,17-20H,14,16H2;1-6,8-9H;/q2*-1;/i14D2,16D2;;. The van der Waals surface area contributed by atoms with Gasteiger partial charge in [0.25, 0.3) is 0 Å². The number of benzene rings is 4. The summed E-state index contributed by atoms with van der Waals surface area (Å²) in [5.74, 6) is 0. The Morgan fingerprint density at radius 2 is 1.41 bits per heavy atom. The molecule has 0 N–H and O–H groups in total. The second-order valence-electron chi connectivity index (χ2n) is 10.2. The van der Waals surface area contributed by atoms with Crippen molar-refractivity contribution in [3.8, 4) is 33.6 Å². The first kappa shape index (κ1) is 26.0. The minimum Gasteiger partial charge on any atom is -0.486 e. The number of nitrogens with zero attached hydrogens (tertiary/aromatic N) is 3. The Morgan fingerprint density at radius 3 is 2.15 bits per heavy atom. The van der Waals surface area contributed by atoms with E-state index in [4.69, 9.17) is 9.90 Å². The molecule has 0 unspecified atom stereocenters. The van der Waals surface area contributed by atoms with Crippen LogP contribution >= 0.6 is 0 Å². The average Bonchev–Trinajstić information content (AvgIpc) is 3.55. The second kappa shape index (κ2) is 14.7. The van der Waals surface area contributed by atoms with E-state index in [0.717, 1.165) is 27.8 Å². The number of fused-ring (bicyclic) bond motifs is 3. The van der Waals surface area contributed by atoms with Crippen LogP contribution in [-0.4, -0.2) is 15.0 Å². The molecule has 0 spiro atoms. The number of hydrogen-bond acceptors (Lipinski definition) is 4. The number of aromatic nitrogens is 3. The molecule has 0 aliphatic carbocycles. The molecule has 8 aromatic rings. The van der Waals surface area contributed by atoms with Gasteiger partial charge in [0.1, 0.15) is 0 Å². The van der Waals surface area contributed by atoms with Gasteiger partial charge in [-0.25, -0.2) is 4.98 Å². The predicted octanol–water partition coefficient (Wildman–Crippen LogP) is 9.84. The van der Waals surface area contributed by atoms with Gasteiger partial charge in [0.15, 0.2) is 0 Å². The minimum atomic E-state index is -2.40. The Balaban J connectivity index is 0.000000281. The number of pyridine rings is 3. The largest absolute Gasteiger partial charge is 0.486 e. The van der Waals surface area contributed by atoms with Crippen LogP contribution in [0.5, 0.6) is 0 Å². The van der Waals surface area contributed by atoms with Gasteiger partial charge in [-0.2, -0.15) is 0 Å². The van der Waals surface area contributed by atoms with Gasteiger partial charge in [0, 0.05) is 49.1 Å². The van der Waals surface area contributed by atoms with E-state index in [-0.39, 0.29) is 37.1 Å². The van der Waals surface area contributed by atoms with Crippen LogP contribution in [-0.2, 0) is 32.9 Å². The van der Waals surface area contributed by atoms with E-state index < -0.39 is 12.7 Å². The van der Waals surface area contributed by atoms with Gasteiger partial charge in [-0.3, -0.25) is 0 Å². The molecule has 0 aliphatic heterocycles. The zero-order valence-electron chi connectivity index (χ0n) is 28.5. The molecule has 46 heavy (non-hydrogen) atoms. The molecule has 0 atom stereocenters. The Morgan fingerprint density at radius 1 is 0.609 bits per heavy atom. The van der Waals surface area contributed by atoms with E-state index >= 15 is 0 Å². The molecule has 0 fully saturated rings. The van der Waals surface area contributed by atoms with Crippen molar-refractivity contribution >= 4 is 22.1 Å². The van der Waals surface area contributed by atoms with Crippen molar-refractivity contribution in [2.24, 2.45) is 0 Å². The van der Waals surface area contributed by atoms with Gasteiger partial charge >= 0.3 is 0 Å². The van der Waals surface area contributed by atoms with Gasteiger partial charge in [-0.1, -0.05) is 95.9 Å². The van der Waals surface area contributed by atoms with Crippen LogP contribution in [0.3, 0.4) is 0 Å². The summed E-state index contributed by atoms with van der Waals surface area (Å²) in [6.07, 6.45) is -1.09. The fourth-order valence-corrected chi connectivity index (χ4v) is 4.96. The van der Waals surface area contributed by atoms with Crippen molar-refractivity contribution in [2.45, 2.75) is 12.7 Å². The monoisotopic (exact) mass is 776 g/mol. The average molecular weight is 776 g/mol. The summed E-state index contributed by atoms with van der Waals surface area (Å²) in [6, 6.07) is 49.2. The number of hydrogen-bond donors (Lipinski definition) is 0. The topological polar surface area (TPSA) is 51.8 Å². The van der Waals surface area contributed by atoms with E-state index in [1.54, 1.807) is 48.7 Å². The van der Waals surface area contributed by atoms with E-state index in [9.17, 15) is 0 Å². The summed E-state index contributed by atoms with van der Waals surface area (Å²) >= 11 is 0. The molecule has 4 aromatic heterocycles. The molecule has 8 rings (SSSR count). The summed E-state index contributed by atoms with van der Waals surface area (Å²) in [5.41, 5.74) is 6.46. The molecule has 0 bridgehead atoms. The Hall–Kier alpha value is -5.22. The molecule has 0 saturated heterocycles. The van der Waals surface area contributed by atoms with Gasteiger partial charge in [0.05, 0.1) is 5.58 Å². The number of aryl methyl sites for hydroxylation is 2. The van der Waals surface area contributed by atoms with Crippen LogP contribution < -0.4 is 0 Å². The number of rotatable bonds is 6. The molecule has 225 valence electrons. The summed E-state index contributed by atoms with van der Waals surface area (Å²) in [4.78, 5) is 13.3. The second-order valence-corrected chi connectivity index (χ2v) is 10.2. The summed E-state index contributed by atoms with van der Waals surface area (Å²) in [7, 11) is 0. The van der Waals surface area contributed by atoms with E-state index in [1.807, 2.05) is 97.2 Å².